The number of phosphoric acid groups is 1. The van der Waals surface area contributed by atoms with Gasteiger partial charge in [-0.25, -0.2) is 4.57 Å². The number of aliphatic carboxylic acids is 1. The molecular formula is C54H98NO10P. The number of rotatable bonds is 50. The molecule has 3 atom stereocenters. The van der Waals surface area contributed by atoms with Crippen molar-refractivity contribution >= 4 is 25.7 Å². The molecule has 0 amide bonds. The summed E-state index contributed by atoms with van der Waals surface area (Å²) in [5, 5.41) is 8.93. The van der Waals surface area contributed by atoms with Gasteiger partial charge < -0.3 is 25.2 Å². The maximum absolute atomic E-state index is 12.7. The van der Waals surface area contributed by atoms with Crippen LogP contribution in [0.15, 0.2) is 48.6 Å². The van der Waals surface area contributed by atoms with Crippen molar-refractivity contribution in [2.75, 3.05) is 19.8 Å². The van der Waals surface area contributed by atoms with E-state index < -0.39 is 51.1 Å². The van der Waals surface area contributed by atoms with Gasteiger partial charge in [-0.2, -0.15) is 0 Å². The molecule has 0 saturated heterocycles. The Morgan fingerprint density at radius 2 is 0.848 bits per heavy atom. The molecule has 0 fully saturated rings. The van der Waals surface area contributed by atoms with E-state index in [0.717, 1.165) is 83.5 Å². The number of hydrogen-bond donors (Lipinski definition) is 3. The number of unbranched alkanes of at least 4 members (excludes halogenated alkanes) is 28. The number of nitrogens with two attached hydrogens (primary N) is 1. The van der Waals surface area contributed by atoms with E-state index in [4.69, 9.17) is 24.8 Å². The molecule has 0 aromatic carbocycles. The maximum Gasteiger partial charge on any atom is 0.472 e. The number of allylic oxidation sites excluding steroid dienone is 8. The van der Waals surface area contributed by atoms with Crippen molar-refractivity contribution in [1.82, 2.24) is 0 Å². The molecule has 3 unspecified atom stereocenters. The van der Waals surface area contributed by atoms with Crippen LogP contribution in [0.3, 0.4) is 0 Å². The summed E-state index contributed by atoms with van der Waals surface area (Å²) >= 11 is 0. The quantitative estimate of drug-likeness (QED) is 0.0229. The summed E-state index contributed by atoms with van der Waals surface area (Å²) < 4.78 is 32.9. The van der Waals surface area contributed by atoms with Gasteiger partial charge in [0, 0.05) is 12.8 Å². The fraction of sp³-hybridized carbons (Fsp3) is 0.796. The van der Waals surface area contributed by atoms with E-state index in [2.05, 4.69) is 67.0 Å². The Morgan fingerprint density at radius 1 is 0.485 bits per heavy atom. The van der Waals surface area contributed by atoms with Gasteiger partial charge in [0.05, 0.1) is 13.2 Å². The van der Waals surface area contributed by atoms with E-state index in [1.807, 2.05) is 0 Å². The lowest BCUT2D eigenvalue weighted by molar-refractivity contribution is -0.161. The molecule has 0 rings (SSSR count). The van der Waals surface area contributed by atoms with Crippen molar-refractivity contribution in [2.24, 2.45) is 5.73 Å². The monoisotopic (exact) mass is 952 g/mol. The van der Waals surface area contributed by atoms with Crippen molar-refractivity contribution < 1.29 is 47.5 Å². The maximum atomic E-state index is 12.7. The first kappa shape index (κ1) is 63.4. The molecule has 66 heavy (non-hydrogen) atoms. The summed E-state index contributed by atoms with van der Waals surface area (Å²) in [6.07, 6.45) is 57.5. The summed E-state index contributed by atoms with van der Waals surface area (Å²) in [5.41, 5.74) is 5.36. The average molecular weight is 952 g/mol. The summed E-state index contributed by atoms with van der Waals surface area (Å²) in [4.78, 5) is 46.2. The SMILES string of the molecule is CC/C=C\C/C=C\C/C=C\C/C=C\CCCCCCCCC(=O)OC(COC(=O)CCCCCCCCCCCCCCCCCCCCCCCCC)COP(=O)(O)OCC(N)C(=O)O. The molecule has 0 aromatic heterocycles. The fourth-order valence-corrected chi connectivity index (χ4v) is 8.25. The molecule has 384 valence electrons. The predicted octanol–water partition coefficient (Wildman–Crippen LogP) is 15.3. The van der Waals surface area contributed by atoms with Crippen LogP contribution >= 0.6 is 7.82 Å². The first-order valence-electron chi connectivity index (χ1n) is 26.7. The van der Waals surface area contributed by atoms with Crippen LogP contribution in [0.5, 0.6) is 0 Å². The first-order chi connectivity index (χ1) is 32.1. The molecule has 0 radical (unpaired) electrons. The summed E-state index contributed by atoms with van der Waals surface area (Å²) in [6, 6.07) is -1.53. The van der Waals surface area contributed by atoms with Crippen molar-refractivity contribution in [3.05, 3.63) is 48.6 Å². The minimum Gasteiger partial charge on any atom is -0.480 e. The highest BCUT2D eigenvalue weighted by Gasteiger charge is 2.28. The first-order valence-corrected chi connectivity index (χ1v) is 28.2. The third-order valence-corrected chi connectivity index (χ3v) is 12.5. The number of carboxylic acids is 1. The lowest BCUT2D eigenvalue weighted by Crippen LogP contribution is -2.34. The van der Waals surface area contributed by atoms with Gasteiger partial charge in [-0.1, -0.05) is 229 Å². The second-order valence-electron chi connectivity index (χ2n) is 18.0. The van der Waals surface area contributed by atoms with E-state index in [0.29, 0.717) is 12.8 Å². The predicted molar refractivity (Wildman–Crippen MR) is 272 cm³/mol. The number of hydrogen-bond acceptors (Lipinski definition) is 9. The van der Waals surface area contributed by atoms with E-state index in [1.165, 1.54) is 122 Å². The lowest BCUT2D eigenvalue weighted by Gasteiger charge is -2.20. The molecule has 11 nitrogen and oxygen atoms in total. The van der Waals surface area contributed by atoms with Crippen LogP contribution in [-0.4, -0.2) is 59.9 Å². The van der Waals surface area contributed by atoms with Crippen LogP contribution in [0.2, 0.25) is 0 Å². The molecule has 0 aliphatic rings. The van der Waals surface area contributed by atoms with E-state index in [-0.39, 0.29) is 19.4 Å². The second kappa shape index (κ2) is 48.9. The standard InChI is InChI=1S/C54H98NO10P/c1-3-5-7-9-11-13-15-17-19-21-23-24-25-26-28-29-31-33-35-37-39-41-43-45-52(56)62-47-50(48-63-66(60,61)64-49-51(55)54(58)59)65-53(57)46-44-42-40-38-36-34-32-30-27-22-20-18-16-14-12-10-8-6-4-2/h6,8,12,14,18,20,27,30,50-51H,3-5,7,9-11,13,15-17,19,21-26,28-29,31-49,55H2,1-2H3,(H,58,59)(H,60,61)/b8-6-,14-12-,20-18-,30-27-. The molecule has 0 aliphatic heterocycles. The molecule has 0 bridgehead atoms. The molecule has 0 spiro atoms. The number of carbonyl (C=O) groups excluding carboxylic acids is 2. The highest BCUT2D eigenvalue weighted by molar-refractivity contribution is 7.47. The van der Waals surface area contributed by atoms with Crippen molar-refractivity contribution in [3.8, 4) is 0 Å². The zero-order valence-corrected chi connectivity index (χ0v) is 42.9. The topological polar surface area (TPSA) is 172 Å². The fourth-order valence-electron chi connectivity index (χ4n) is 7.47. The number of phosphoric ester groups is 1. The highest BCUT2D eigenvalue weighted by atomic mass is 31.2. The largest absolute Gasteiger partial charge is 0.480 e. The highest BCUT2D eigenvalue weighted by Crippen LogP contribution is 2.43. The number of carboxylic acid groups (broad SMARTS) is 1. The molecule has 4 N–H and O–H groups in total. The zero-order valence-electron chi connectivity index (χ0n) is 42.0. The van der Waals surface area contributed by atoms with Gasteiger partial charge in [0.25, 0.3) is 0 Å². The second-order valence-corrected chi connectivity index (χ2v) is 19.4. The van der Waals surface area contributed by atoms with Crippen LogP contribution in [0.4, 0.5) is 0 Å². The molecule has 0 heterocycles. The Bertz CT molecular complexity index is 1300. The number of esters is 2. The smallest absolute Gasteiger partial charge is 0.472 e. The minimum absolute atomic E-state index is 0.145. The Hall–Kier alpha value is -2.56. The summed E-state index contributed by atoms with van der Waals surface area (Å²) in [7, 11) is -4.73. The van der Waals surface area contributed by atoms with E-state index in [1.54, 1.807) is 0 Å². The van der Waals surface area contributed by atoms with E-state index >= 15 is 0 Å². The van der Waals surface area contributed by atoms with Crippen molar-refractivity contribution in [2.45, 2.75) is 257 Å². The lowest BCUT2D eigenvalue weighted by atomic mass is 10.0. The Balaban J connectivity index is 4.20. The molecule has 12 heteroatoms. The Morgan fingerprint density at radius 3 is 1.27 bits per heavy atom. The molecular weight excluding hydrogens is 854 g/mol. The Labute approximate surface area is 403 Å². The van der Waals surface area contributed by atoms with Crippen LogP contribution < -0.4 is 5.73 Å². The Kier molecular flexibility index (Phi) is 47.0. The number of carbonyl (C=O) groups is 3. The molecule has 0 saturated carbocycles. The van der Waals surface area contributed by atoms with Crippen LogP contribution in [-0.2, 0) is 37.5 Å². The average Bonchev–Trinajstić information content (AvgIpc) is 3.30. The van der Waals surface area contributed by atoms with Gasteiger partial charge in [-0.05, 0) is 51.4 Å². The molecule has 0 aromatic rings. The van der Waals surface area contributed by atoms with Crippen LogP contribution in [0.25, 0.3) is 0 Å². The normalized spacial score (nSPS) is 13.9. The molecule has 0 aliphatic carbocycles. The van der Waals surface area contributed by atoms with Gasteiger partial charge in [-0.3, -0.25) is 23.4 Å². The number of ether oxygens (including phenoxy) is 2. The summed E-state index contributed by atoms with van der Waals surface area (Å²) in [5.74, 6) is -2.39. The van der Waals surface area contributed by atoms with Crippen LogP contribution in [0.1, 0.15) is 245 Å². The van der Waals surface area contributed by atoms with Gasteiger partial charge >= 0.3 is 25.7 Å². The summed E-state index contributed by atoms with van der Waals surface area (Å²) in [6.45, 7) is 2.72. The van der Waals surface area contributed by atoms with E-state index in [9.17, 15) is 23.8 Å². The third-order valence-electron chi connectivity index (χ3n) is 11.6. The van der Waals surface area contributed by atoms with Crippen LogP contribution in [0, 0.1) is 0 Å². The minimum atomic E-state index is -4.73. The van der Waals surface area contributed by atoms with Gasteiger partial charge in [0.1, 0.15) is 12.6 Å². The zero-order chi connectivity index (χ0) is 48.4. The van der Waals surface area contributed by atoms with Gasteiger partial charge in [0.2, 0.25) is 0 Å². The van der Waals surface area contributed by atoms with Gasteiger partial charge in [0.15, 0.2) is 6.10 Å². The van der Waals surface area contributed by atoms with Crippen molar-refractivity contribution in [3.63, 3.8) is 0 Å². The van der Waals surface area contributed by atoms with Crippen molar-refractivity contribution in [1.29, 1.82) is 0 Å². The third kappa shape index (κ3) is 47.9. The van der Waals surface area contributed by atoms with Gasteiger partial charge in [-0.15, -0.1) is 0 Å².